The van der Waals surface area contributed by atoms with Crippen LogP contribution < -0.4 is 10.2 Å². The number of hydrogen-bond donors (Lipinski definition) is 1. The molecule has 1 aromatic rings. The number of nitrogens with one attached hydrogen (secondary N) is 1. The van der Waals surface area contributed by atoms with Crippen LogP contribution >= 0.6 is 24.8 Å². The lowest BCUT2D eigenvalue weighted by Crippen LogP contribution is -2.49. The first-order valence-corrected chi connectivity index (χ1v) is 8.17. The Balaban J connectivity index is 0.00000132. The van der Waals surface area contributed by atoms with E-state index in [0.717, 1.165) is 45.6 Å². The summed E-state index contributed by atoms with van der Waals surface area (Å²) in [5.41, 5.74) is 1.27. The standard InChI is InChI=1S/C17H25N3O.2ClH/c21-17(16-9-4-5-10-18-16)20-12-6-11-19(13-14-20)15-7-2-1-3-8-15;;/h1-3,7-8,16,18H,4-6,9-14H2;2*1H/t16-;;/m1../s1. The maximum Gasteiger partial charge on any atom is 0.239 e. The molecule has 2 saturated heterocycles. The Kier molecular flexibility index (Phi) is 8.74. The number of amides is 1. The van der Waals surface area contributed by atoms with Gasteiger partial charge in [0.1, 0.15) is 0 Å². The Morgan fingerprint density at radius 1 is 0.957 bits per heavy atom. The lowest BCUT2D eigenvalue weighted by molar-refractivity contribution is -0.133. The number of carbonyl (C=O) groups is 1. The van der Waals surface area contributed by atoms with Gasteiger partial charge >= 0.3 is 0 Å². The molecule has 1 N–H and O–H groups in total. The molecule has 0 bridgehead atoms. The van der Waals surface area contributed by atoms with Gasteiger partial charge < -0.3 is 15.1 Å². The van der Waals surface area contributed by atoms with Crippen molar-refractivity contribution in [1.29, 1.82) is 0 Å². The highest BCUT2D eigenvalue weighted by atomic mass is 35.5. The highest BCUT2D eigenvalue weighted by Crippen LogP contribution is 2.17. The van der Waals surface area contributed by atoms with Crippen LogP contribution in [0.25, 0.3) is 0 Å². The van der Waals surface area contributed by atoms with E-state index in [-0.39, 0.29) is 30.9 Å². The molecule has 0 radical (unpaired) electrons. The number of piperidine rings is 1. The van der Waals surface area contributed by atoms with Crippen LogP contribution in [0.1, 0.15) is 25.7 Å². The summed E-state index contributed by atoms with van der Waals surface area (Å²) in [5.74, 6) is 0.310. The molecule has 1 aromatic carbocycles. The summed E-state index contributed by atoms with van der Waals surface area (Å²) in [6, 6.07) is 10.6. The van der Waals surface area contributed by atoms with Crippen molar-refractivity contribution in [2.45, 2.75) is 31.7 Å². The van der Waals surface area contributed by atoms with Gasteiger partial charge in [0, 0.05) is 31.9 Å². The summed E-state index contributed by atoms with van der Waals surface area (Å²) in [6.07, 6.45) is 4.42. The van der Waals surface area contributed by atoms with Crippen LogP contribution in [0.4, 0.5) is 5.69 Å². The zero-order valence-corrected chi connectivity index (χ0v) is 15.1. The molecular formula is C17H27Cl2N3O. The van der Waals surface area contributed by atoms with E-state index in [1.54, 1.807) is 0 Å². The quantitative estimate of drug-likeness (QED) is 0.881. The van der Waals surface area contributed by atoms with Crippen molar-refractivity contribution in [3.63, 3.8) is 0 Å². The fourth-order valence-corrected chi connectivity index (χ4v) is 3.32. The van der Waals surface area contributed by atoms with Gasteiger partial charge in [-0.2, -0.15) is 0 Å². The average Bonchev–Trinajstić information content (AvgIpc) is 2.82. The molecule has 2 aliphatic rings. The van der Waals surface area contributed by atoms with Crippen molar-refractivity contribution in [3.8, 4) is 0 Å². The molecular weight excluding hydrogens is 333 g/mol. The van der Waals surface area contributed by atoms with Crippen LogP contribution in [-0.4, -0.2) is 49.6 Å². The molecule has 0 spiro atoms. The molecule has 0 aliphatic carbocycles. The van der Waals surface area contributed by atoms with E-state index >= 15 is 0 Å². The topological polar surface area (TPSA) is 35.6 Å². The number of nitrogens with zero attached hydrogens (tertiary/aromatic N) is 2. The summed E-state index contributed by atoms with van der Waals surface area (Å²) < 4.78 is 0. The summed E-state index contributed by atoms with van der Waals surface area (Å²) in [7, 11) is 0. The molecule has 4 nitrogen and oxygen atoms in total. The second-order valence-electron chi connectivity index (χ2n) is 6.00. The van der Waals surface area contributed by atoms with Gasteiger partial charge in [0.25, 0.3) is 0 Å². The van der Waals surface area contributed by atoms with Crippen molar-refractivity contribution >= 4 is 36.4 Å². The Bertz CT molecular complexity index is 466. The van der Waals surface area contributed by atoms with E-state index in [2.05, 4.69) is 39.4 Å². The second-order valence-corrected chi connectivity index (χ2v) is 6.00. The first-order valence-electron chi connectivity index (χ1n) is 8.17. The fraction of sp³-hybridized carbons (Fsp3) is 0.588. The van der Waals surface area contributed by atoms with Crippen molar-refractivity contribution < 1.29 is 4.79 Å². The van der Waals surface area contributed by atoms with Crippen molar-refractivity contribution in [3.05, 3.63) is 30.3 Å². The minimum atomic E-state index is 0. The third kappa shape index (κ3) is 5.27. The molecule has 1 atom stereocenters. The van der Waals surface area contributed by atoms with Gasteiger partial charge in [0.2, 0.25) is 5.91 Å². The van der Waals surface area contributed by atoms with Gasteiger partial charge in [0.15, 0.2) is 0 Å². The lowest BCUT2D eigenvalue weighted by Gasteiger charge is -2.29. The maximum atomic E-state index is 12.6. The normalized spacial score (nSPS) is 21.7. The average molecular weight is 360 g/mol. The molecule has 0 unspecified atom stereocenters. The highest BCUT2D eigenvalue weighted by molar-refractivity contribution is 5.85. The van der Waals surface area contributed by atoms with E-state index in [0.29, 0.717) is 5.91 Å². The van der Waals surface area contributed by atoms with Gasteiger partial charge in [-0.25, -0.2) is 0 Å². The van der Waals surface area contributed by atoms with E-state index in [1.165, 1.54) is 18.5 Å². The highest BCUT2D eigenvalue weighted by Gasteiger charge is 2.27. The van der Waals surface area contributed by atoms with Gasteiger partial charge in [-0.1, -0.05) is 24.6 Å². The number of anilines is 1. The monoisotopic (exact) mass is 359 g/mol. The van der Waals surface area contributed by atoms with Crippen molar-refractivity contribution in [2.24, 2.45) is 0 Å². The van der Waals surface area contributed by atoms with Gasteiger partial charge in [0.05, 0.1) is 6.04 Å². The van der Waals surface area contributed by atoms with E-state index in [1.807, 2.05) is 6.07 Å². The SMILES string of the molecule is Cl.Cl.O=C([C@H]1CCCCN1)N1CCCN(c2ccccc2)CC1. The fourth-order valence-electron chi connectivity index (χ4n) is 3.32. The number of para-hydroxylation sites is 1. The zero-order valence-electron chi connectivity index (χ0n) is 13.4. The van der Waals surface area contributed by atoms with Gasteiger partial charge in [-0.15, -0.1) is 24.8 Å². The summed E-state index contributed by atoms with van der Waals surface area (Å²) in [6.45, 7) is 4.68. The molecule has 130 valence electrons. The number of carbonyl (C=O) groups excluding carboxylic acids is 1. The molecule has 6 heteroatoms. The van der Waals surface area contributed by atoms with Crippen LogP contribution in [0.5, 0.6) is 0 Å². The van der Waals surface area contributed by atoms with Gasteiger partial charge in [-0.05, 0) is 37.9 Å². The summed E-state index contributed by atoms with van der Waals surface area (Å²) in [4.78, 5) is 17.0. The predicted molar refractivity (Wildman–Crippen MR) is 100.0 cm³/mol. The van der Waals surface area contributed by atoms with E-state index in [4.69, 9.17) is 0 Å². The molecule has 3 rings (SSSR count). The molecule has 2 fully saturated rings. The van der Waals surface area contributed by atoms with Crippen molar-refractivity contribution in [1.82, 2.24) is 10.2 Å². The van der Waals surface area contributed by atoms with Gasteiger partial charge in [-0.3, -0.25) is 4.79 Å². The minimum absolute atomic E-state index is 0. The van der Waals surface area contributed by atoms with Crippen LogP contribution in [0, 0.1) is 0 Å². The molecule has 0 saturated carbocycles. The molecule has 2 heterocycles. The van der Waals surface area contributed by atoms with Crippen LogP contribution in [0.15, 0.2) is 30.3 Å². The largest absolute Gasteiger partial charge is 0.370 e. The lowest BCUT2D eigenvalue weighted by atomic mass is 10.0. The Morgan fingerprint density at radius 2 is 1.74 bits per heavy atom. The predicted octanol–water partition coefficient (Wildman–Crippen LogP) is 2.71. The zero-order chi connectivity index (χ0) is 14.5. The number of hydrogen-bond acceptors (Lipinski definition) is 3. The maximum absolute atomic E-state index is 12.6. The number of rotatable bonds is 2. The summed E-state index contributed by atoms with van der Waals surface area (Å²) >= 11 is 0. The first kappa shape index (κ1) is 20.1. The molecule has 1 amide bonds. The summed E-state index contributed by atoms with van der Waals surface area (Å²) in [5, 5.41) is 3.37. The third-order valence-corrected chi connectivity index (χ3v) is 4.54. The van der Waals surface area contributed by atoms with Crippen LogP contribution in [-0.2, 0) is 4.79 Å². The van der Waals surface area contributed by atoms with Crippen LogP contribution in [0.3, 0.4) is 0 Å². The molecule has 23 heavy (non-hydrogen) atoms. The van der Waals surface area contributed by atoms with Crippen LogP contribution in [0.2, 0.25) is 0 Å². The first-order chi connectivity index (χ1) is 10.3. The van der Waals surface area contributed by atoms with Crippen molar-refractivity contribution in [2.75, 3.05) is 37.6 Å². The van der Waals surface area contributed by atoms with E-state index < -0.39 is 0 Å². The smallest absolute Gasteiger partial charge is 0.239 e. The second kappa shape index (κ2) is 10.0. The minimum Gasteiger partial charge on any atom is -0.370 e. The number of benzene rings is 1. The molecule has 2 aliphatic heterocycles. The Labute approximate surface area is 151 Å². The third-order valence-electron chi connectivity index (χ3n) is 4.54. The number of halogens is 2. The van der Waals surface area contributed by atoms with E-state index in [9.17, 15) is 4.79 Å². The Hall–Kier alpha value is -0.970. The molecule has 0 aromatic heterocycles. The Morgan fingerprint density at radius 3 is 2.43 bits per heavy atom.